The Morgan fingerprint density at radius 2 is 1.56 bits per heavy atom. The number of benzene rings is 2. The van der Waals surface area contributed by atoms with Crippen LogP contribution in [-0.4, -0.2) is 5.91 Å². The van der Waals surface area contributed by atoms with E-state index < -0.39 is 0 Å². The lowest BCUT2D eigenvalue weighted by atomic mass is 10.2. The maximum atomic E-state index is 12.7. The smallest absolute Gasteiger partial charge is 0.255 e. The maximum Gasteiger partial charge on any atom is 0.255 e. The molecule has 0 radical (unpaired) electrons. The quantitative estimate of drug-likeness (QED) is 0.882. The van der Waals surface area contributed by atoms with E-state index in [0.29, 0.717) is 16.3 Å². The van der Waals surface area contributed by atoms with Gasteiger partial charge in [-0.15, -0.1) is 12.4 Å². The van der Waals surface area contributed by atoms with Gasteiger partial charge in [0.1, 0.15) is 5.82 Å². The van der Waals surface area contributed by atoms with E-state index in [1.165, 1.54) is 24.3 Å². The van der Waals surface area contributed by atoms with Crippen LogP contribution >= 0.6 is 24.0 Å². The first-order valence-electron chi connectivity index (χ1n) is 4.97. The number of rotatable bonds is 2. The van der Waals surface area contributed by atoms with Crippen LogP contribution in [0.2, 0.25) is 5.02 Å². The summed E-state index contributed by atoms with van der Waals surface area (Å²) in [7, 11) is 0. The van der Waals surface area contributed by atoms with Gasteiger partial charge in [-0.1, -0.05) is 11.6 Å². The van der Waals surface area contributed by atoms with Gasteiger partial charge < -0.3 is 5.32 Å². The van der Waals surface area contributed by atoms with Gasteiger partial charge in [0.15, 0.2) is 0 Å². The molecule has 1 N–H and O–H groups in total. The molecule has 0 aliphatic carbocycles. The minimum Gasteiger partial charge on any atom is -0.322 e. The predicted octanol–water partition coefficient (Wildman–Crippen LogP) is 4.15. The summed E-state index contributed by atoms with van der Waals surface area (Å²) >= 11 is 5.72. The Labute approximate surface area is 115 Å². The first-order valence-corrected chi connectivity index (χ1v) is 5.35. The minimum atomic E-state index is -0.338. The van der Waals surface area contributed by atoms with Crippen LogP contribution in [0.5, 0.6) is 0 Å². The molecule has 2 aromatic rings. The van der Waals surface area contributed by atoms with Gasteiger partial charge in [0, 0.05) is 16.3 Å². The van der Waals surface area contributed by atoms with Crippen molar-refractivity contribution in [1.82, 2.24) is 0 Å². The monoisotopic (exact) mass is 285 g/mol. The van der Waals surface area contributed by atoms with Crippen LogP contribution < -0.4 is 5.32 Å². The zero-order valence-corrected chi connectivity index (χ0v) is 10.8. The third kappa shape index (κ3) is 3.72. The molecule has 0 unspecified atom stereocenters. The molecule has 2 nitrogen and oxygen atoms in total. The molecule has 0 saturated carbocycles. The van der Waals surface area contributed by atoms with Crippen LogP contribution in [0, 0.1) is 5.82 Å². The van der Waals surface area contributed by atoms with Crippen LogP contribution in [0.15, 0.2) is 48.5 Å². The van der Waals surface area contributed by atoms with Crippen molar-refractivity contribution in [1.29, 1.82) is 0 Å². The van der Waals surface area contributed by atoms with E-state index in [1.54, 1.807) is 24.3 Å². The van der Waals surface area contributed by atoms with Crippen LogP contribution in [0.4, 0.5) is 10.1 Å². The van der Waals surface area contributed by atoms with Gasteiger partial charge in [0.05, 0.1) is 0 Å². The molecular formula is C13H10Cl2FNO. The molecule has 2 aromatic carbocycles. The van der Waals surface area contributed by atoms with Gasteiger partial charge in [-0.3, -0.25) is 4.79 Å². The third-order valence-electron chi connectivity index (χ3n) is 2.21. The van der Waals surface area contributed by atoms with Gasteiger partial charge in [-0.05, 0) is 48.5 Å². The second-order valence-corrected chi connectivity index (χ2v) is 3.90. The number of anilines is 1. The molecule has 0 bridgehead atoms. The highest BCUT2D eigenvalue weighted by Gasteiger charge is 2.05. The topological polar surface area (TPSA) is 29.1 Å². The van der Waals surface area contributed by atoms with Crippen LogP contribution in [0.1, 0.15) is 10.4 Å². The second kappa shape index (κ2) is 6.38. The molecule has 0 spiro atoms. The fourth-order valence-corrected chi connectivity index (χ4v) is 1.46. The summed E-state index contributed by atoms with van der Waals surface area (Å²) < 4.78 is 12.7. The van der Waals surface area contributed by atoms with E-state index in [0.717, 1.165) is 0 Å². The zero-order valence-electron chi connectivity index (χ0n) is 9.19. The van der Waals surface area contributed by atoms with E-state index >= 15 is 0 Å². The summed E-state index contributed by atoms with van der Waals surface area (Å²) in [5, 5.41) is 3.23. The van der Waals surface area contributed by atoms with E-state index in [1.807, 2.05) is 0 Å². The maximum absolute atomic E-state index is 12.7. The van der Waals surface area contributed by atoms with Crippen molar-refractivity contribution >= 4 is 35.6 Å². The second-order valence-electron chi connectivity index (χ2n) is 3.47. The highest BCUT2D eigenvalue weighted by atomic mass is 35.5. The lowest BCUT2D eigenvalue weighted by Gasteiger charge is -2.04. The summed E-state index contributed by atoms with van der Waals surface area (Å²) in [5.74, 6) is -0.595. The Hall–Kier alpha value is -1.58. The average molecular weight is 286 g/mol. The molecule has 0 aliphatic heterocycles. The minimum absolute atomic E-state index is 0. The molecule has 94 valence electrons. The van der Waals surface area contributed by atoms with Gasteiger partial charge in [-0.2, -0.15) is 0 Å². The zero-order chi connectivity index (χ0) is 12.3. The molecule has 0 aliphatic rings. The number of amides is 1. The summed E-state index contributed by atoms with van der Waals surface area (Å²) in [4.78, 5) is 11.8. The Kier molecular flexibility index (Phi) is 5.13. The average Bonchev–Trinajstić information content (AvgIpc) is 2.33. The Morgan fingerprint density at radius 3 is 2.11 bits per heavy atom. The van der Waals surface area contributed by atoms with Crippen molar-refractivity contribution in [3.05, 3.63) is 64.9 Å². The molecule has 0 fully saturated rings. The molecule has 0 aromatic heterocycles. The molecule has 0 heterocycles. The standard InChI is InChI=1S/C13H9ClFNO.ClH/c14-10-3-1-9(2-4-10)13(17)16-12-7-5-11(15)6-8-12;/h1-8H,(H,16,17);1H. The summed E-state index contributed by atoms with van der Waals surface area (Å²) in [6, 6.07) is 12.1. The summed E-state index contributed by atoms with van der Waals surface area (Å²) in [6.07, 6.45) is 0. The first kappa shape index (κ1) is 14.5. The molecule has 0 atom stereocenters. The normalized spacial score (nSPS) is 9.44. The summed E-state index contributed by atoms with van der Waals surface area (Å²) in [6.45, 7) is 0. The number of carbonyl (C=O) groups is 1. The number of hydrogen-bond donors (Lipinski definition) is 1. The molecular weight excluding hydrogens is 276 g/mol. The lowest BCUT2D eigenvalue weighted by Crippen LogP contribution is -2.11. The molecule has 0 saturated heterocycles. The van der Waals surface area contributed by atoms with Gasteiger partial charge in [-0.25, -0.2) is 4.39 Å². The van der Waals surface area contributed by atoms with Crippen molar-refractivity contribution in [2.24, 2.45) is 0 Å². The molecule has 5 heteroatoms. The Balaban J connectivity index is 0.00000162. The molecule has 2 rings (SSSR count). The molecule has 1 amide bonds. The van der Waals surface area contributed by atoms with Crippen LogP contribution in [0.3, 0.4) is 0 Å². The number of halogens is 3. The van der Waals surface area contributed by atoms with E-state index in [2.05, 4.69) is 5.32 Å². The highest BCUT2D eigenvalue weighted by molar-refractivity contribution is 6.30. The fraction of sp³-hybridized carbons (Fsp3) is 0. The van der Waals surface area contributed by atoms with Crippen molar-refractivity contribution in [2.45, 2.75) is 0 Å². The van der Waals surface area contributed by atoms with Crippen molar-refractivity contribution < 1.29 is 9.18 Å². The van der Waals surface area contributed by atoms with E-state index in [9.17, 15) is 9.18 Å². The van der Waals surface area contributed by atoms with Crippen LogP contribution in [-0.2, 0) is 0 Å². The Bertz CT molecular complexity index is 526. The van der Waals surface area contributed by atoms with E-state index in [-0.39, 0.29) is 24.1 Å². The van der Waals surface area contributed by atoms with Gasteiger partial charge >= 0.3 is 0 Å². The van der Waals surface area contributed by atoms with Crippen molar-refractivity contribution in [3.8, 4) is 0 Å². The van der Waals surface area contributed by atoms with Gasteiger partial charge in [0.2, 0.25) is 0 Å². The fourth-order valence-electron chi connectivity index (χ4n) is 1.34. The largest absolute Gasteiger partial charge is 0.322 e. The van der Waals surface area contributed by atoms with Crippen LogP contribution in [0.25, 0.3) is 0 Å². The van der Waals surface area contributed by atoms with Gasteiger partial charge in [0.25, 0.3) is 5.91 Å². The van der Waals surface area contributed by atoms with E-state index in [4.69, 9.17) is 11.6 Å². The number of carbonyl (C=O) groups excluding carboxylic acids is 1. The number of hydrogen-bond acceptors (Lipinski definition) is 1. The third-order valence-corrected chi connectivity index (χ3v) is 2.46. The van der Waals surface area contributed by atoms with Crippen molar-refractivity contribution in [3.63, 3.8) is 0 Å². The first-order chi connectivity index (χ1) is 8.15. The SMILES string of the molecule is Cl.O=C(Nc1ccc(F)cc1)c1ccc(Cl)cc1. The highest BCUT2D eigenvalue weighted by Crippen LogP contribution is 2.13. The molecule has 18 heavy (non-hydrogen) atoms. The van der Waals surface area contributed by atoms with Crippen molar-refractivity contribution in [2.75, 3.05) is 5.32 Å². The lowest BCUT2D eigenvalue weighted by molar-refractivity contribution is 0.102. The number of nitrogens with one attached hydrogen (secondary N) is 1. The Morgan fingerprint density at radius 1 is 1.00 bits per heavy atom. The predicted molar refractivity (Wildman–Crippen MR) is 73.1 cm³/mol. The summed E-state index contributed by atoms with van der Waals surface area (Å²) in [5.41, 5.74) is 1.05.